The van der Waals surface area contributed by atoms with Crippen LogP contribution in [0.1, 0.15) is 29.1 Å². The van der Waals surface area contributed by atoms with Crippen LogP contribution >= 0.6 is 0 Å². The highest BCUT2D eigenvalue weighted by Gasteiger charge is 2.17. The molecule has 0 amide bonds. The molecule has 0 aliphatic carbocycles. The third-order valence-electron chi connectivity index (χ3n) is 5.50. The molecule has 1 aliphatic heterocycles. The van der Waals surface area contributed by atoms with Gasteiger partial charge in [0.1, 0.15) is 5.75 Å². The van der Waals surface area contributed by atoms with Gasteiger partial charge >= 0.3 is 0 Å². The predicted molar refractivity (Wildman–Crippen MR) is 111 cm³/mol. The van der Waals surface area contributed by atoms with Gasteiger partial charge in [-0.05, 0) is 57.1 Å². The lowest BCUT2D eigenvalue weighted by Gasteiger charge is -2.22. The van der Waals surface area contributed by atoms with Crippen LogP contribution in [0.2, 0.25) is 0 Å². The van der Waals surface area contributed by atoms with Crippen LogP contribution in [-0.4, -0.2) is 57.5 Å². The van der Waals surface area contributed by atoms with Gasteiger partial charge in [-0.1, -0.05) is 12.1 Å². The van der Waals surface area contributed by atoms with Gasteiger partial charge in [-0.3, -0.25) is 14.2 Å². The summed E-state index contributed by atoms with van der Waals surface area (Å²) in [5.41, 5.74) is 4.79. The van der Waals surface area contributed by atoms with Gasteiger partial charge in [-0.2, -0.15) is 0 Å². The van der Waals surface area contributed by atoms with E-state index in [-0.39, 0.29) is 0 Å². The zero-order valence-corrected chi connectivity index (χ0v) is 17.1. The number of aryl methyl sites for hydroxylation is 2. The molecular weight excluding hydrogens is 350 g/mol. The predicted octanol–water partition coefficient (Wildman–Crippen LogP) is 3.06. The number of methoxy groups -OCH3 is 1. The van der Waals surface area contributed by atoms with Crippen molar-refractivity contribution in [3.8, 4) is 5.75 Å². The van der Waals surface area contributed by atoms with Crippen LogP contribution in [-0.2, 0) is 13.1 Å². The number of benzene rings is 1. The maximum absolute atomic E-state index is 5.26. The molecule has 6 heteroatoms. The molecule has 28 heavy (non-hydrogen) atoms. The van der Waals surface area contributed by atoms with Crippen molar-refractivity contribution in [3.63, 3.8) is 0 Å². The van der Waals surface area contributed by atoms with Crippen LogP contribution in [0.4, 0.5) is 0 Å². The van der Waals surface area contributed by atoms with Gasteiger partial charge in [0.05, 0.1) is 19.0 Å². The fraction of sp³-hybridized carbons (Fsp3) is 0.455. The van der Waals surface area contributed by atoms with Crippen molar-refractivity contribution in [2.24, 2.45) is 0 Å². The van der Waals surface area contributed by atoms with Crippen molar-refractivity contribution in [2.45, 2.75) is 33.4 Å². The molecule has 4 rings (SSSR count). The Balaban J connectivity index is 1.39. The number of ether oxygens (including phenoxy) is 1. The highest BCUT2D eigenvalue weighted by Crippen LogP contribution is 2.16. The van der Waals surface area contributed by atoms with Crippen molar-refractivity contribution in [3.05, 3.63) is 59.2 Å². The molecule has 0 radical (unpaired) electrons. The van der Waals surface area contributed by atoms with Gasteiger partial charge in [0.25, 0.3) is 0 Å². The SMILES string of the molecule is COc1ccc(CN2CCCN(Cc3cnc4nc(C)cc(C)n34)CC2)cc1. The second-order valence-corrected chi connectivity index (χ2v) is 7.68. The van der Waals surface area contributed by atoms with Crippen molar-refractivity contribution in [1.29, 1.82) is 0 Å². The number of fused-ring (bicyclic) bond motifs is 1. The molecule has 2 aromatic heterocycles. The van der Waals surface area contributed by atoms with Gasteiger partial charge < -0.3 is 4.74 Å². The number of aromatic nitrogens is 3. The number of imidazole rings is 1. The van der Waals surface area contributed by atoms with Gasteiger partial charge in [0.2, 0.25) is 5.78 Å². The summed E-state index contributed by atoms with van der Waals surface area (Å²) in [6, 6.07) is 10.5. The Bertz CT molecular complexity index is 934. The Kier molecular flexibility index (Phi) is 5.59. The van der Waals surface area contributed by atoms with Crippen LogP contribution in [0.5, 0.6) is 5.75 Å². The van der Waals surface area contributed by atoms with Crippen LogP contribution in [0.3, 0.4) is 0 Å². The smallest absolute Gasteiger partial charge is 0.234 e. The van der Waals surface area contributed by atoms with Crippen LogP contribution in [0.25, 0.3) is 5.78 Å². The summed E-state index contributed by atoms with van der Waals surface area (Å²) in [5.74, 6) is 1.72. The Morgan fingerprint density at radius 1 is 0.964 bits per heavy atom. The Hall–Kier alpha value is -2.44. The Labute approximate surface area is 166 Å². The van der Waals surface area contributed by atoms with Gasteiger partial charge in [0, 0.05) is 37.6 Å². The van der Waals surface area contributed by atoms with E-state index in [2.05, 4.69) is 49.3 Å². The lowest BCUT2D eigenvalue weighted by Crippen LogP contribution is -2.30. The lowest BCUT2D eigenvalue weighted by molar-refractivity contribution is 0.245. The summed E-state index contributed by atoms with van der Waals surface area (Å²) in [6.45, 7) is 10.5. The summed E-state index contributed by atoms with van der Waals surface area (Å²) >= 11 is 0. The van der Waals surface area contributed by atoms with Gasteiger partial charge in [-0.15, -0.1) is 0 Å². The van der Waals surface area contributed by atoms with E-state index in [1.807, 2.05) is 25.3 Å². The molecular formula is C22H29N5O. The average molecular weight is 380 g/mol. The third-order valence-corrected chi connectivity index (χ3v) is 5.50. The van der Waals surface area contributed by atoms with E-state index >= 15 is 0 Å². The van der Waals surface area contributed by atoms with Gasteiger partial charge in [0.15, 0.2) is 0 Å². The maximum Gasteiger partial charge on any atom is 0.234 e. The lowest BCUT2D eigenvalue weighted by atomic mass is 10.2. The first-order valence-corrected chi connectivity index (χ1v) is 10.0. The van der Waals surface area contributed by atoms with Crippen LogP contribution in [0, 0.1) is 13.8 Å². The normalized spacial score (nSPS) is 16.4. The first-order chi connectivity index (χ1) is 13.6. The molecule has 0 saturated carbocycles. The topological polar surface area (TPSA) is 45.9 Å². The van der Waals surface area contributed by atoms with E-state index < -0.39 is 0 Å². The summed E-state index contributed by atoms with van der Waals surface area (Å²) in [5, 5.41) is 0. The van der Waals surface area contributed by atoms with E-state index in [1.165, 1.54) is 23.4 Å². The summed E-state index contributed by atoms with van der Waals surface area (Å²) in [6.07, 6.45) is 3.16. The van der Waals surface area contributed by atoms with E-state index in [0.717, 1.165) is 56.5 Å². The van der Waals surface area contributed by atoms with Crippen molar-refractivity contribution < 1.29 is 4.74 Å². The molecule has 3 aromatic rings. The molecule has 1 aromatic carbocycles. The molecule has 148 valence electrons. The van der Waals surface area contributed by atoms with Crippen LogP contribution in [0.15, 0.2) is 36.5 Å². The van der Waals surface area contributed by atoms with E-state index in [0.29, 0.717) is 0 Å². The molecule has 0 N–H and O–H groups in total. The minimum atomic E-state index is 0.809. The second kappa shape index (κ2) is 8.29. The van der Waals surface area contributed by atoms with Crippen molar-refractivity contribution in [2.75, 3.05) is 33.3 Å². The van der Waals surface area contributed by atoms with E-state index in [9.17, 15) is 0 Å². The number of nitrogens with zero attached hydrogens (tertiary/aromatic N) is 5. The minimum absolute atomic E-state index is 0.809. The monoisotopic (exact) mass is 379 g/mol. The zero-order chi connectivity index (χ0) is 19.5. The summed E-state index contributed by atoms with van der Waals surface area (Å²) < 4.78 is 7.44. The first kappa shape index (κ1) is 18.9. The second-order valence-electron chi connectivity index (χ2n) is 7.68. The highest BCUT2D eigenvalue weighted by molar-refractivity contribution is 5.35. The quantitative estimate of drug-likeness (QED) is 0.682. The first-order valence-electron chi connectivity index (χ1n) is 10.0. The molecule has 0 bridgehead atoms. The van der Waals surface area contributed by atoms with E-state index in [1.54, 1.807) is 7.11 Å². The number of rotatable bonds is 5. The molecule has 0 spiro atoms. The van der Waals surface area contributed by atoms with Crippen molar-refractivity contribution in [1.82, 2.24) is 24.2 Å². The Morgan fingerprint density at radius 3 is 2.39 bits per heavy atom. The molecule has 0 atom stereocenters. The van der Waals surface area contributed by atoms with Crippen molar-refractivity contribution >= 4 is 5.78 Å². The molecule has 1 aliphatic rings. The standard InChI is InChI=1S/C22H29N5O/c1-17-13-18(2)27-20(14-23-22(27)24-17)16-26-10-4-9-25(11-12-26)15-19-5-7-21(28-3)8-6-19/h5-8,13-14H,4,9-12,15-16H2,1-3H3. The molecule has 1 saturated heterocycles. The molecule has 3 heterocycles. The summed E-state index contributed by atoms with van der Waals surface area (Å²) in [7, 11) is 1.71. The maximum atomic E-state index is 5.26. The molecule has 0 unspecified atom stereocenters. The average Bonchev–Trinajstić information content (AvgIpc) is 2.95. The largest absolute Gasteiger partial charge is 0.497 e. The summed E-state index contributed by atoms with van der Waals surface area (Å²) in [4.78, 5) is 14.2. The molecule has 6 nitrogen and oxygen atoms in total. The third kappa shape index (κ3) is 4.18. The Morgan fingerprint density at radius 2 is 1.68 bits per heavy atom. The zero-order valence-electron chi connectivity index (χ0n) is 17.1. The van der Waals surface area contributed by atoms with Crippen LogP contribution < -0.4 is 4.74 Å². The number of hydrogen-bond acceptors (Lipinski definition) is 5. The molecule has 1 fully saturated rings. The minimum Gasteiger partial charge on any atom is -0.497 e. The van der Waals surface area contributed by atoms with E-state index in [4.69, 9.17) is 4.74 Å². The van der Waals surface area contributed by atoms with Gasteiger partial charge in [-0.25, -0.2) is 9.97 Å². The fourth-order valence-corrected chi connectivity index (χ4v) is 4.07. The fourth-order valence-electron chi connectivity index (χ4n) is 4.07. The highest BCUT2D eigenvalue weighted by atomic mass is 16.5. The number of hydrogen-bond donors (Lipinski definition) is 0.